The third-order valence-electron chi connectivity index (χ3n) is 5.60. The van der Waals surface area contributed by atoms with Crippen molar-refractivity contribution in [3.8, 4) is 0 Å². The summed E-state index contributed by atoms with van der Waals surface area (Å²) in [5, 5.41) is 0. The molecule has 0 heterocycles. The van der Waals surface area contributed by atoms with Gasteiger partial charge in [-0.3, -0.25) is 0 Å². The Morgan fingerprint density at radius 1 is 0.757 bits per heavy atom. The molecule has 18 heteroatoms. The van der Waals surface area contributed by atoms with Crippen LogP contribution in [0.5, 0.6) is 0 Å². The van der Waals surface area contributed by atoms with Gasteiger partial charge in [0.25, 0.3) is 24.2 Å². The predicted octanol–water partition coefficient (Wildman–Crippen LogP) is 6.21. The maximum absolute atomic E-state index is 14.5. The van der Waals surface area contributed by atoms with Crippen LogP contribution >= 0.6 is 0 Å². The SMILES string of the molecule is CC(CCOC(N)=O)CC(C)(C)C(CC(F)(F)C(F)C(F)(F)F)(CC(F)(F)C(F)C(F)(F)F)OC(N)=O. The smallest absolute Gasteiger partial charge is 0.425 e. The molecule has 2 amide bonds. The van der Waals surface area contributed by atoms with E-state index in [2.05, 4.69) is 9.47 Å². The van der Waals surface area contributed by atoms with Gasteiger partial charge in [-0.05, 0) is 18.8 Å². The molecule has 3 atom stereocenters. The van der Waals surface area contributed by atoms with Crippen molar-refractivity contribution in [2.45, 2.75) is 88.6 Å². The van der Waals surface area contributed by atoms with E-state index in [0.717, 1.165) is 13.8 Å². The van der Waals surface area contributed by atoms with Crippen molar-refractivity contribution < 1.29 is 71.7 Å². The topological polar surface area (TPSA) is 105 Å². The Hall–Kier alpha value is -2.30. The maximum atomic E-state index is 14.5. The average molecular weight is 574 g/mol. The number of carbonyl (C=O) groups excluding carboxylic acids is 2. The van der Waals surface area contributed by atoms with Gasteiger partial charge in [0.15, 0.2) is 0 Å². The van der Waals surface area contributed by atoms with Crippen LogP contribution in [-0.2, 0) is 9.47 Å². The third-order valence-corrected chi connectivity index (χ3v) is 5.60. The highest BCUT2D eigenvalue weighted by atomic mass is 19.4. The highest BCUT2D eigenvalue weighted by molar-refractivity contribution is 5.65. The Morgan fingerprint density at radius 3 is 1.43 bits per heavy atom. The first-order chi connectivity index (χ1) is 16.2. The fourth-order valence-corrected chi connectivity index (χ4v) is 3.88. The molecule has 0 radical (unpaired) electrons. The molecule has 6 nitrogen and oxygen atoms in total. The molecular formula is C19H26F12N2O4. The molecule has 0 saturated heterocycles. The fourth-order valence-electron chi connectivity index (χ4n) is 3.88. The molecule has 0 aliphatic rings. The first-order valence-electron chi connectivity index (χ1n) is 10.3. The Labute approximate surface area is 203 Å². The molecular weight excluding hydrogens is 548 g/mol. The van der Waals surface area contributed by atoms with E-state index in [1.54, 1.807) is 0 Å². The zero-order chi connectivity index (χ0) is 29.8. The molecule has 0 saturated carbocycles. The standard InChI is InChI=1S/C19H26F12N2O4/c1-9(4-5-36-12(32)34)6-14(2,3)15(37-13(33)35,7-16(22,23)10(20)18(26,27)28)8-17(24,25)11(21)19(29,30)31/h9-11H,4-8H2,1-3H3,(H2,32,34)(H2,33,35). The number of nitrogens with two attached hydrogens (primary N) is 2. The second kappa shape index (κ2) is 11.6. The molecule has 0 fully saturated rings. The first kappa shape index (κ1) is 34.7. The predicted molar refractivity (Wildman–Crippen MR) is 102 cm³/mol. The second-order valence-corrected chi connectivity index (χ2v) is 9.25. The maximum Gasteiger partial charge on any atom is 0.425 e. The van der Waals surface area contributed by atoms with Gasteiger partial charge in [-0.25, -0.2) is 35.9 Å². The minimum absolute atomic E-state index is 0.200. The van der Waals surface area contributed by atoms with Crippen LogP contribution in [0.2, 0.25) is 0 Å². The number of rotatable bonds is 13. The summed E-state index contributed by atoms with van der Waals surface area (Å²) in [4.78, 5) is 22.2. The van der Waals surface area contributed by atoms with E-state index in [9.17, 15) is 62.3 Å². The van der Waals surface area contributed by atoms with Gasteiger partial charge in [0.1, 0.15) is 5.60 Å². The molecule has 0 aliphatic heterocycles. The van der Waals surface area contributed by atoms with Crippen molar-refractivity contribution in [2.24, 2.45) is 22.8 Å². The number of hydrogen-bond donors (Lipinski definition) is 2. The van der Waals surface area contributed by atoms with Crippen LogP contribution in [0, 0.1) is 11.3 Å². The van der Waals surface area contributed by atoms with E-state index in [-0.39, 0.29) is 6.42 Å². The number of ether oxygens (including phenoxy) is 2. The summed E-state index contributed by atoms with van der Waals surface area (Å²) in [6, 6.07) is 0. The van der Waals surface area contributed by atoms with Crippen molar-refractivity contribution in [2.75, 3.05) is 6.61 Å². The van der Waals surface area contributed by atoms with Gasteiger partial charge in [-0.2, -0.15) is 26.3 Å². The van der Waals surface area contributed by atoms with Crippen molar-refractivity contribution in [1.29, 1.82) is 0 Å². The van der Waals surface area contributed by atoms with Gasteiger partial charge >= 0.3 is 24.5 Å². The minimum atomic E-state index is -6.28. The molecule has 0 spiro atoms. The molecule has 0 aliphatic carbocycles. The van der Waals surface area contributed by atoms with Crippen LogP contribution in [0.15, 0.2) is 0 Å². The van der Waals surface area contributed by atoms with E-state index < -0.39 is 91.5 Å². The van der Waals surface area contributed by atoms with Crippen molar-refractivity contribution in [3.05, 3.63) is 0 Å². The molecule has 37 heavy (non-hydrogen) atoms. The van der Waals surface area contributed by atoms with Gasteiger partial charge in [-0.15, -0.1) is 0 Å². The van der Waals surface area contributed by atoms with Gasteiger partial charge in [-0.1, -0.05) is 20.8 Å². The minimum Gasteiger partial charge on any atom is -0.450 e. The van der Waals surface area contributed by atoms with E-state index in [0.29, 0.717) is 0 Å². The fraction of sp³-hybridized carbons (Fsp3) is 0.895. The number of amides is 2. The normalized spacial score (nSPS) is 17.9. The molecule has 0 aromatic heterocycles. The van der Waals surface area contributed by atoms with Crippen LogP contribution < -0.4 is 11.5 Å². The summed E-state index contributed by atoms with van der Waals surface area (Å²) < 4.78 is 170. The quantitative estimate of drug-likeness (QED) is 0.255. The van der Waals surface area contributed by atoms with Gasteiger partial charge in [0.05, 0.1) is 19.4 Å². The van der Waals surface area contributed by atoms with E-state index >= 15 is 0 Å². The highest BCUT2D eigenvalue weighted by Gasteiger charge is 2.67. The van der Waals surface area contributed by atoms with Crippen LogP contribution in [0.3, 0.4) is 0 Å². The van der Waals surface area contributed by atoms with Gasteiger partial charge in [0, 0.05) is 5.41 Å². The molecule has 0 aromatic rings. The Kier molecular flexibility index (Phi) is 10.9. The largest absolute Gasteiger partial charge is 0.450 e. The van der Waals surface area contributed by atoms with E-state index in [1.165, 1.54) is 6.92 Å². The molecule has 0 rings (SSSR count). The van der Waals surface area contributed by atoms with Crippen LogP contribution in [0.25, 0.3) is 0 Å². The van der Waals surface area contributed by atoms with Crippen LogP contribution in [-0.4, -0.2) is 60.9 Å². The van der Waals surface area contributed by atoms with Crippen LogP contribution in [0.1, 0.15) is 46.5 Å². The number of halogens is 12. The summed E-state index contributed by atoms with van der Waals surface area (Å²) >= 11 is 0. The van der Waals surface area contributed by atoms with Crippen molar-refractivity contribution in [3.63, 3.8) is 0 Å². The Morgan fingerprint density at radius 2 is 1.14 bits per heavy atom. The number of alkyl halides is 12. The Balaban J connectivity index is 6.79. The number of hydrogen-bond acceptors (Lipinski definition) is 4. The first-order valence-corrected chi connectivity index (χ1v) is 10.3. The third kappa shape index (κ3) is 9.83. The highest BCUT2D eigenvalue weighted by Crippen LogP contribution is 2.54. The summed E-state index contributed by atoms with van der Waals surface area (Å²) in [6.45, 7) is 2.28. The molecule has 3 unspecified atom stereocenters. The molecule has 220 valence electrons. The lowest BCUT2D eigenvalue weighted by molar-refractivity contribution is -0.281. The molecule has 0 bridgehead atoms. The number of primary amides is 2. The van der Waals surface area contributed by atoms with Gasteiger partial charge in [0.2, 0.25) is 0 Å². The van der Waals surface area contributed by atoms with Gasteiger partial charge < -0.3 is 20.9 Å². The van der Waals surface area contributed by atoms with E-state index in [4.69, 9.17) is 11.5 Å². The summed E-state index contributed by atoms with van der Waals surface area (Å²) in [6.07, 6.45) is -32.5. The summed E-state index contributed by atoms with van der Waals surface area (Å²) in [7, 11) is 0. The van der Waals surface area contributed by atoms with Crippen molar-refractivity contribution >= 4 is 12.2 Å². The number of carbonyl (C=O) groups is 2. The zero-order valence-corrected chi connectivity index (χ0v) is 19.6. The van der Waals surface area contributed by atoms with Crippen LogP contribution in [0.4, 0.5) is 62.3 Å². The van der Waals surface area contributed by atoms with E-state index in [1.807, 2.05) is 0 Å². The summed E-state index contributed by atoms with van der Waals surface area (Å²) in [5.74, 6) is -12.2. The monoisotopic (exact) mass is 574 g/mol. The lowest BCUT2D eigenvalue weighted by Gasteiger charge is -2.49. The lowest BCUT2D eigenvalue weighted by atomic mass is 9.64. The molecule has 4 N–H and O–H groups in total. The Bertz CT molecular complexity index is 752. The zero-order valence-electron chi connectivity index (χ0n) is 19.6. The van der Waals surface area contributed by atoms with Crippen molar-refractivity contribution in [1.82, 2.24) is 0 Å². The summed E-state index contributed by atoms with van der Waals surface area (Å²) in [5.41, 5.74) is 3.25. The second-order valence-electron chi connectivity index (χ2n) is 9.25. The average Bonchev–Trinajstić information content (AvgIpc) is 2.62. The lowest BCUT2D eigenvalue weighted by Crippen LogP contribution is -2.60. The molecule has 0 aromatic carbocycles.